The lowest BCUT2D eigenvalue weighted by Crippen LogP contribution is -2.53. The molecule has 4 unspecified atom stereocenters. The van der Waals surface area contributed by atoms with Gasteiger partial charge < -0.3 is 9.80 Å². The highest BCUT2D eigenvalue weighted by Gasteiger charge is 2.36. The molecule has 2 aliphatic heterocycles. The Labute approximate surface area is 332 Å². The number of rotatable bonds is 8. The van der Waals surface area contributed by atoms with E-state index in [2.05, 4.69) is 9.80 Å². The minimum atomic E-state index is 0. The first-order valence-corrected chi connectivity index (χ1v) is 19.5. The maximum absolute atomic E-state index is 12.8. The number of benzene rings is 2. The molecule has 2 aliphatic carbocycles. The van der Waals surface area contributed by atoms with Crippen molar-refractivity contribution in [3.8, 4) is 0 Å². The largest absolute Gasteiger partial charge is 0.341 e. The number of carbonyl (C=O) groups is 2. The van der Waals surface area contributed by atoms with Crippen LogP contribution in [0, 0.1) is 0 Å². The number of hydrogen-bond donors (Lipinski definition) is 0. The van der Waals surface area contributed by atoms with Crippen molar-refractivity contribution in [2.45, 2.75) is 114 Å². The zero-order chi connectivity index (χ0) is 34.2. The van der Waals surface area contributed by atoms with Crippen LogP contribution in [0.5, 0.6) is 0 Å². The number of hydrogen-bond acceptors (Lipinski definition) is 4. The summed E-state index contributed by atoms with van der Waals surface area (Å²) in [4.78, 5) is 34.8. The Kier molecular flexibility index (Phi) is 18.3. The minimum Gasteiger partial charge on any atom is -0.341 e. The second-order valence-corrected chi connectivity index (χ2v) is 15.8. The lowest BCUT2D eigenvalue weighted by atomic mass is 9.88. The van der Waals surface area contributed by atoms with E-state index in [-0.39, 0.29) is 36.6 Å². The van der Waals surface area contributed by atoms with Crippen molar-refractivity contribution >= 4 is 83.0 Å². The summed E-state index contributed by atoms with van der Waals surface area (Å²) in [6.45, 7) is 4.76. The summed E-state index contributed by atoms with van der Waals surface area (Å²) in [5.74, 6) is 0.342. The topological polar surface area (TPSA) is 47.1 Å². The van der Waals surface area contributed by atoms with Crippen molar-refractivity contribution in [2.24, 2.45) is 0 Å². The normalized spacial score (nSPS) is 24.0. The summed E-state index contributed by atoms with van der Waals surface area (Å²) >= 11 is 24.1. The van der Waals surface area contributed by atoms with Crippen LogP contribution >= 0.6 is 71.2 Å². The summed E-state index contributed by atoms with van der Waals surface area (Å²) < 4.78 is 0. The molecule has 2 amide bonds. The summed E-state index contributed by atoms with van der Waals surface area (Å²) in [6.07, 6.45) is 15.6. The smallest absolute Gasteiger partial charge is 0.227 e. The first-order valence-electron chi connectivity index (χ1n) is 18.0. The van der Waals surface area contributed by atoms with Crippen LogP contribution in [0.4, 0.5) is 0 Å². The van der Waals surface area contributed by atoms with Gasteiger partial charge in [0.05, 0.1) is 32.9 Å². The van der Waals surface area contributed by atoms with Crippen LogP contribution in [0.3, 0.4) is 0 Å². The molecule has 0 N–H and O–H groups in total. The van der Waals surface area contributed by atoms with Crippen LogP contribution < -0.4 is 0 Å². The zero-order valence-electron chi connectivity index (χ0n) is 29.4. The highest BCUT2D eigenvalue weighted by molar-refractivity contribution is 6.42. The number of amides is 2. The number of halogens is 6. The van der Waals surface area contributed by atoms with Crippen molar-refractivity contribution in [3.63, 3.8) is 0 Å². The molecule has 2 saturated heterocycles. The summed E-state index contributed by atoms with van der Waals surface area (Å²) in [5, 5.41) is 2.08. The zero-order valence-corrected chi connectivity index (χ0v) is 34.1. The number of likely N-dealkylation sites (tertiary alicyclic amines) is 2. The third-order valence-electron chi connectivity index (χ3n) is 11.1. The summed E-state index contributed by atoms with van der Waals surface area (Å²) in [5.41, 5.74) is 1.85. The number of likely N-dealkylation sites (N-methyl/N-ethyl adjacent to an activating group) is 2. The molecule has 4 atom stereocenters. The van der Waals surface area contributed by atoms with E-state index in [0.29, 0.717) is 57.1 Å². The fourth-order valence-corrected chi connectivity index (χ4v) is 8.99. The molecular weight excluding hydrogens is 757 g/mol. The van der Waals surface area contributed by atoms with Gasteiger partial charge in [-0.1, -0.05) is 84.2 Å². The van der Waals surface area contributed by atoms with Gasteiger partial charge in [-0.05, 0) is 113 Å². The van der Waals surface area contributed by atoms with E-state index in [0.717, 1.165) is 24.0 Å². The van der Waals surface area contributed by atoms with E-state index >= 15 is 0 Å². The quantitative estimate of drug-likeness (QED) is 0.267. The maximum atomic E-state index is 12.8. The van der Waals surface area contributed by atoms with Crippen molar-refractivity contribution in [1.29, 1.82) is 0 Å². The molecule has 2 heterocycles. The monoisotopic (exact) mass is 808 g/mol. The molecule has 50 heavy (non-hydrogen) atoms. The lowest BCUT2D eigenvalue weighted by Gasteiger charge is -2.42. The van der Waals surface area contributed by atoms with Crippen LogP contribution in [-0.2, 0) is 22.4 Å². The van der Waals surface area contributed by atoms with Crippen molar-refractivity contribution < 1.29 is 9.59 Å². The molecule has 4 aliphatic rings. The Morgan fingerprint density at radius 2 is 0.900 bits per heavy atom. The first kappa shape index (κ1) is 43.4. The third kappa shape index (κ3) is 11.5. The van der Waals surface area contributed by atoms with Gasteiger partial charge in [0.1, 0.15) is 0 Å². The van der Waals surface area contributed by atoms with Gasteiger partial charge >= 0.3 is 0 Å². The molecule has 0 radical (unpaired) electrons. The standard InChI is InChI=1S/2C19H26Cl2N2O.2ClH/c2*1-22(19(24)13-14-8-9-15(20)16(21)12-14)17-6-2-3-7-18(17)23-10-4-5-11-23;;/h2*8-9,12,17-18H,2-7,10-11,13H2,1H3;2*1H. The summed E-state index contributed by atoms with van der Waals surface area (Å²) in [6, 6.07) is 12.6. The molecule has 0 aromatic heterocycles. The van der Waals surface area contributed by atoms with E-state index in [1.807, 2.05) is 36.0 Å². The average molecular weight is 812 g/mol. The predicted octanol–water partition coefficient (Wildman–Crippen LogP) is 9.65. The van der Waals surface area contributed by atoms with Crippen molar-refractivity contribution in [1.82, 2.24) is 19.6 Å². The molecule has 0 bridgehead atoms. The first-order chi connectivity index (χ1) is 23.1. The lowest BCUT2D eigenvalue weighted by molar-refractivity contribution is -0.134. The van der Waals surface area contributed by atoms with E-state index in [4.69, 9.17) is 46.4 Å². The molecule has 2 aromatic carbocycles. The van der Waals surface area contributed by atoms with Gasteiger partial charge in [-0.2, -0.15) is 0 Å². The third-order valence-corrected chi connectivity index (χ3v) is 12.5. The molecule has 6 rings (SSSR count). The Morgan fingerprint density at radius 1 is 0.560 bits per heavy atom. The molecule has 0 spiro atoms. The van der Waals surface area contributed by atoms with Crippen LogP contribution in [-0.4, -0.2) is 95.9 Å². The van der Waals surface area contributed by atoms with E-state index < -0.39 is 0 Å². The van der Waals surface area contributed by atoms with Gasteiger partial charge in [-0.3, -0.25) is 19.4 Å². The Balaban J connectivity index is 0.000000260. The fraction of sp³-hybridized carbons (Fsp3) is 0.632. The second kappa shape index (κ2) is 21.1. The van der Waals surface area contributed by atoms with Gasteiger partial charge in [-0.15, -0.1) is 24.8 Å². The van der Waals surface area contributed by atoms with Gasteiger partial charge in [0, 0.05) is 38.3 Å². The van der Waals surface area contributed by atoms with Gasteiger partial charge in [-0.25, -0.2) is 0 Å². The van der Waals surface area contributed by atoms with Crippen molar-refractivity contribution in [3.05, 3.63) is 67.6 Å². The van der Waals surface area contributed by atoms with Gasteiger partial charge in [0.25, 0.3) is 0 Å². The predicted molar refractivity (Wildman–Crippen MR) is 214 cm³/mol. The molecular formula is C38H54Cl6N4O2. The Hall–Kier alpha value is -0.960. The molecule has 12 heteroatoms. The SMILES string of the molecule is CN(C(=O)Cc1ccc(Cl)c(Cl)c1)C1CCCCC1N1CCCC1.CN(C(=O)Cc1ccc(Cl)c(Cl)c1)C1CCCCC1N1CCCC1.Cl.Cl. The average Bonchev–Trinajstić information content (AvgIpc) is 3.84. The minimum absolute atomic E-state index is 0. The number of nitrogens with zero attached hydrogens (tertiary/aromatic N) is 4. The van der Waals surface area contributed by atoms with Crippen LogP contribution in [0.1, 0.15) is 88.2 Å². The highest BCUT2D eigenvalue weighted by Crippen LogP contribution is 2.31. The fourth-order valence-electron chi connectivity index (χ4n) is 8.35. The van der Waals surface area contributed by atoms with Crippen LogP contribution in [0.2, 0.25) is 20.1 Å². The van der Waals surface area contributed by atoms with Gasteiger partial charge in [0.15, 0.2) is 0 Å². The molecule has 280 valence electrons. The Morgan fingerprint density at radius 3 is 1.24 bits per heavy atom. The van der Waals surface area contributed by atoms with Crippen LogP contribution in [0.15, 0.2) is 36.4 Å². The van der Waals surface area contributed by atoms with Gasteiger partial charge in [0.2, 0.25) is 11.8 Å². The molecule has 2 saturated carbocycles. The summed E-state index contributed by atoms with van der Waals surface area (Å²) in [7, 11) is 3.94. The molecule has 6 nitrogen and oxygen atoms in total. The molecule has 4 fully saturated rings. The highest BCUT2D eigenvalue weighted by atomic mass is 35.5. The van der Waals surface area contributed by atoms with E-state index in [9.17, 15) is 9.59 Å². The van der Waals surface area contributed by atoms with Crippen LogP contribution in [0.25, 0.3) is 0 Å². The second-order valence-electron chi connectivity index (χ2n) is 14.2. The van der Waals surface area contributed by atoms with E-state index in [1.54, 1.807) is 24.3 Å². The Bertz CT molecular complexity index is 1280. The maximum Gasteiger partial charge on any atom is 0.227 e. The molecule has 2 aromatic rings. The number of carbonyl (C=O) groups excluding carboxylic acids is 2. The van der Waals surface area contributed by atoms with Crippen molar-refractivity contribution in [2.75, 3.05) is 40.3 Å². The van der Waals surface area contributed by atoms with E-state index in [1.165, 1.54) is 90.4 Å².